The van der Waals surface area contributed by atoms with Crippen LogP contribution in [0.15, 0.2) is 69.7 Å². The van der Waals surface area contributed by atoms with Gasteiger partial charge in [0.25, 0.3) is 0 Å². The van der Waals surface area contributed by atoms with E-state index in [4.69, 9.17) is 4.74 Å². The molecule has 188 valence electrons. The average Bonchev–Trinajstić information content (AvgIpc) is 3.63. The molecule has 2 amide bonds. The highest BCUT2D eigenvalue weighted by Gasteiger charge is 2.36. The normalized spacial score (nSPS) is 17.9. The Morgan fingerprint density at radius 1 is 0.973 bits per heavy atom. The largest absolute Gasteiger partial charge is 0.451 e. The lowest BCUT2D eigenvalue weighted by atomic mass is 10.0. The van der Waals surface area contributed by atoms with E-state index >= 15 is 0 Å². The summed E-state index contributed by atoms with van der Waals surface area (Å²) in [4.78, 5) is 28.3. The Balaban J connectivity index is 1.44. The van der Waals surface area contributed by atoms with E-state index in [9.17, 15) is 9.59 Å². The van der Waals surface area contributed by atoms with E-state index < -0.39 is 6.09 Å². The van der Waals surface area contributed by atoms with Gasteiger partial charge in [0.2, 0.25) is 0 Å². The van der Waals surface area contributed by atoms with E-state index in [1.807, 2.05) is 47.4 Å². The number of methoxy groups -OCH3 is 1. The van der Waals surface area contributed by atoms with Crippen LogP contribution in [0.25, 0.3) is 10.9 Å². The lowest BCUT2D eigenvalue weighted by Crippen LogP contribution is -2.43. The topological polar surface area (TPSA) is 76.5 Å². The Bertz CT molecular complexity index is 1550. The molecule has 2 atom stereocenters. The number of nitrogens with zero attached hydrogens (tertiary/aromatic N) is 3. The second-order valence-corrected chi connectivity index (χ2v) is 11.0. The number of hydrogen-bond acceptors (Lipinski definition) is 4. The lowest BCUT2D eigenvalue weighted by molar-refractivity contribution is 0.170. The number of urea groups is 1. The summed E-state index contributed by atoms with van der Waals surface area (Å²) >= 11 is 7.35. The van der Waals surface area contributed by atoms with Gasteiger partial charge in [0, 0.05) is 14.3 Å². The third kappa shape index (κ3) is 4.05. The zero-order valence-electron chi connectivity index (χ0n) is 20.1. The summed E-state index contributed by atoms with van der Waals surface area (Å²) < 4.78 is 8.25. The highest BCUT2D eigenvalue weighted by atomic mass is 79.9. The number of anilines is 1. The van der Waals surface area contributed by atoms with Gasteiger partial charge in [-0.2, -0.15) is 9.78 Å². The number of nitrogens with one attached hydrogen (secondary N) is 1. The van der Waals surface area contributed by atoms with Crippen LogP contribution in [0.4, 0.5) is 15.3 Å². The smallest absolute Gasteiger partial charge is 0.434 e. The minimum absolute atomic E-state index is 0.0807. The van der Waals surface area contributed by atoms with Crippen molar-refractivity contribution in [3.8, 4) is 0 Å². The minimum atomic E-state index is -0.577. The summed E-state index contributed by atoms with van der Waals surface area (Å²) in [6, 6.07) is 17.4. The maximum atomic E-state index is 14.2. The van der Waals surface area contributed by atoms with E-state index in [1.54, 1.807) is 6.20 Å². The van der Waals surface area contributed by atoms with Gasteiger partial charge in [0.1, 0.15) is 0 Å². The van der Waals surface area contributed by atoms with Gasteiger partial charge >= 0.3 is 12.1 Å². The standard InChI is InChI=1S/C28H24Br2N4O3/c1-37-28(36)34-26-10-4-9-24(20(26)15-31-34)33(25-14-12-17-19(25)6-3-8-22(17)30)27(35)32-23-13-11-16-18(23)5-2-7-21(16)29/h2-10,15,23,25H,11-14H2,1H3,(H,32,35). The highest BCUT2D eigenvalue weighted by Crippen LogP contribution is 2.43. The molecule has 0 aliphatic heterocycles. The molecule has 0 saturated carbocycles. The number of benzene rings is 3. The molecular formula is C28H24Br2N4O3. The first-order valence-corrected chi connectivity index (χ1v) is 13.8. The molecule has 2 aliphatic carbocycles. The number of aromatic nitrogens is 2. The van der Waals surface area contributed by atoms with Crippen molar-refractivity contribution >= 4 is 60.6 Å². The van der Waals surface area contributed by atoms with Crippen molar-refractivity contribution in [1.29, 1.82) is 0 Å². The molecule has 0 spiro atoms. The zero-order chi connectivity index (χ0) is 25.7. The van der Waals surface area contributed by atoms with Crippen LogP contribution in [0.1, 0.15) is 47.2 Å². The van der Waals surface area contributed by atoms with E-state index in [1.165, 1.54) is 22.9 Å². The summed E-state index contributed by atoms with van der Waals surface area (Å²) in [5.41, 5.74) is 6.03. The van der Waals surface area contributed by atoms with Crippen LogP contribution in [0, 0.1) is 0 Å². The third-order valence-corrected chi connectivity index (χ3v) is 8.91. The van der Waals surface area contributed by atoms with E-state index in [-0.39, 0.29) is 18.1 Å². The molecule has 37 heavy (non-hydrogen) atoms. The van der Waals surface area contributed by atoms with Crippen molar-refractivity contribution in [2.75, 3.05) is 12.0 Å². The zero-order valence-corrected chi connectivity index (χ0v) is 23.3. The van der Waals surface area contributed by atoms with E-state index in [2.05, 4.69) is 54.4 Å². The summed E-state index contributed by atoms with van der Waals surface area (Å²) in [5, 5.41) is 8.30. The molecule has 0 radical (unpaired) electrons. The molecule has 0 fully saturated rings. The maximum absolute atomic E-state index is 14.2. The number of hydrogen-bond donors (Lipinski definition) is 1. The molecule has 9 heteroatoms. The van der Waals surface area contributed by atoms with E-state index in [0.29, 0.717) is 16.6 Å². The monoisotopic (exact) mass is 622 g/mol. The summed E-state index contributed by atoms with van der Waals surface area (Å²) in [7, 11) is 1.32. The molecule has 1 heterocycles. The molecule has 6 rings (SSSR count). The van der Waals surface area contributed by atoms with Crippen molar-refractivity contribution in [3.05, 3.63) is 92.0 Å². The van der Waals surface area contributed by atoms with Crippen molar-refractivity contribution in [2.24, 2.45) is 0 Å². The van der Waals surface area contributed by atoms with Gasteiger partial charge in [0.05, 0.1) is 36.6 Å². The predicted octanol–water partition coefficient (Wildman–Crippen LogP) is 7.07. The van der Waals surface area contributed by atoms with Gasteiger partial charge in [-0.3, -0.25) is 4.90 Å². The molecule has 0 saturated heterocycles. The SMILES string of the molecule is COC(=O)n1ncc2c(N(C(=O)NC3CCc4c(Br)cccc43)C3CCc4c(Br)cccc43)cccc21. The van der Waals surface area contributed by atoms with Crippen molar-refractivity contribution in [1.82, 2.24) is 15.1 Å². The van der Waals surface area contributed by atoms with Gasteiger partial charge in [-0.15, -0.1) is 0 Å². The number of carbonyl (C=O) groups excluding carboxylic acids is 2. The molecule has 2 unspecified atom stereocenters. The fraction of sp³-hybridized carbons (Fsp3) is 0.250. The molecule has 1 aromatic heterocycles. The van der Waals surface area contributed by atoms with Crippen LogP contribution >= 0.6 is 31.9 Å². The summed E-state index contributed by atoms with van der Waals surface area (Å²) in [5.74, 6) is 0. The van der Waals surface area contributed by atoms with Crippen molar-refractivity contribution < 1.29 is 14.3 Å². The Morgan fingerprint density at radius 2 is 1.65 bits per heavy atom. The quantitative estimate of drug-likeness (QED) is 0.265. The number of fused-ring (bicyclic) bond motifs is 3. The average molecular weight is 624 g/mol. The first kappa shape index (κ1) is 24.2. The van der Waals surface area contributed by atoms with Crippen molar-refractivity contribution in [2.45, 2.75) is 37.8 Å². The van der Waals surface area contributed by atoms with Crippen LogP contribution in [0.3, 0.4) is 0 Å². The van der Waals surface area contributed by atoms with Gasteiger partial charge in [0.15, 0.2) is 0 Å². The second-order valence-electron chi connectivity index (χ2n) is 9.32. The Hall–Kier alpha value is -3.17. The number of amides is 2. The van der Waals surface area contributed by atoms with Crippen LogP contribution in [0.2, 0.25) is 0 Å². The first-order valence-electron chi connectivity index (χ1n) is 12.2. The predicted molar refractivity (Wildman–Crippen MR) is 149 cm³/mol. The number of carbonyl (C=O) groups is 2. The maximum Gasteiger partial charge on any atom is 0.434 e. The molecule has 3 aromatic carbocycles. The first-order chi connectivity index (χ1) is 18.0. The van der Waals surface area contributed by atoms with Crippen LogP contribution in [0.5, 0.6) is 0 Å². The molecule has 0 bridgehead atoms. The number of halogens is 2. The fourth-order valence-corrected chi connectivity index (χ4v) is 6.89. The molecule has 7 nitrogen and oxygen atoms in total. The van der Waals surface area contributed by atoms with Crippen LogP contribution in [-0.2, 0) is 17.6 Å². The van der Waals surface area contributed by atoms with Gasteiger partial charge in [-0.25, -0.2) is 9.59 Å². The third-order valence-electron chi connectivity index (χ3n) is 7.42. The molecule has 2 aliphatic rings. The number of ether oxygens (including phenoxy) is 1. The second kappa shape index (κ2) is 9.61. The Labute approximate surface area is 231 Å². The fourth-order valence-electron chi connectivity index (χ4n) is 5.73. The summed E-state index contributed by atoms with van der Waals surface area (Å²) in [6.07, 6.45) is 4.45. The Morgan fingerprint density at radius 3 is 2.41 bits per heavy atom. The number of rotatable bonds is 3. The van der Waals surface area contributed by atoms with Crippen molar-refractivity contribution in [3.63, 3.8) is 0 Å². The highest BCUT2D eigenvalue weighted by molar-refractivity contribution is 9.10. The van der Waals surface area contributed by atoms with Gasteiger partial charge < -0.3 is 10.1 Å². The van der Waals surface area contributed by atoms with E-state index in [0.717, 1.165) is 45.8 Å². The lowest BCUT2D eigenvalue weighted by Gasteiger charge is -2.32. The Kier molecular flexibility index (Phi) is 6.28. The van der Waals surface area contributed by atoms with Crippen LogP contribution < -0.4 is 10.2 Å². The molecule has 4 aromatic rings. The molecular weight excluding hydrogens is 600 g/mol. The van der Waals surface area contributed by atoms with Crippen LogP contribution in [-0.4, -0.2) is 29.0 Å². The van der Waals surface area contributed by atoms with Gasteiger partial charge in [-0.05, 0) is 72.2 Å². The molecule has 1 N–H and O–H groups in total. The summed E-state index contributed by atoms with van der Waals surface area (Å²) in [6.45, 7) is 0. The van der Waals surface area contributed by atoms with Gasteiger partial charge in [-0.1, -0.05) is 62.2 Å². The minimum Gasteiger partial charge on any atom is -0.451 e.